The molecule has 0 aromatic rings. The third-order valence-electron chi connectivity index (χ3n) is 1.61. The van der Waals surface area contributed by atoms with Crippen LogP contribution in [0.2, 0.25) is 0 Å². The second kappa shape index (κ2) is 5.34. The molecule has 0 saturated carbocycles. The minimum Gasteiger partial charge on any atom is -0.348 e. The topological polar surface area (TPSA) is 63.4 Å². The molecular formula is C8H18N2O2S. The Balaban J connectivity index is 4.18. The lowest BCUT2D eigenvalue weighted by atomic mass is 10.4. The summed E-state index contributed by atoms with van der Waals surface area (Å²) in [4.78, 5) is 12.8. The van der Waals surface area contributed by atoms with Gasteiger partial charge in [-0.1, -0.05) is 0 Å². The molecule has 0 rings (SSSR count). The van der Waals surface area contributed by atoms with E-state index in [1.54, 1.807) is 27.9 Å². The van der Waals surface area contributed by atoms with Crippen LogP contribution < -0.4 is 5.73 Å². The van der Waals surface area contributed by atoms with Crippen molar-refractivity contribution in [2.75, 3.05) is 19.8 Å². The van der Waals surface area contributed by atoms with Gasteiger partial charge in [0, 0.05) is 36.7 Å². The molecule has 0 heterocycles. The Morgan fingerprint density at radius 2 is 1.92 bits per heavy atom. The molecule has 0 spiro atoms. The van der Waals surface area contributed by atoms with Crippen LogP contribution >= 0.6 is 0 Å². The van der Waals surface area contributed by atoms with Crippen molar-refractivity contribution in [2.45, 2.75) is 25.1 Å². The predicted molar refractivity (Wildman–Crippen MR) is 54.8 cm³/mol. The van der Waals surface area contributed by atoms with Crippen LogP contribution in [-0.4, -0.2) is 46.2 Å². The largest absolute Gasteiger partial charge is 0.348 e. The highest BCUT2D eigenvalue weighted by atomic mass is 32.2. The molecule has 0 aromatic heterocycles. The molecular weight excluding hydrogens is 188 g/mol. The second-order valence-corrected chi connectivity index (χ2v) is 5.20. The zero-order valence-electron chi connectivity index (χ0n) is 8.61. The van der Waals surface area contributed by atoms with Crippen molar-refractivity contribution < 1.29 is 9.00 Å². The molecule has 78 valence electrons. The molecule has 2 N–H and O–H groups in total. The highest BCUT2D eigenvalue weighted by molar-refractivity contribution is 7.86. The number of rotatable bonds is 4. The number of carbonyl (C=O) groups excluding carboxylic acids is 1. The van der Waals surface area contributed by atoms with E-state index < -0.39 is 16.0 Å². The van der Waals surface area contributed by atoms with Crippen molar-refractivity contribution in [3.8, 4) is 0 Å². The van der Waals surface area contributed by atoms with Crippen LogP contribution in [0.4, 0.5) is 0 Å². The minimum atomic E-state index is -1.16. The molecule has 0 aliphatic rings. The van der Waals surface area contributed by atoms with Gasteiger partial charge in [0.05, 0.1) is 0 Å². The molecule has 0 bridgehead atoms. The summed E-state index contributed by atoms with van der Waals surface area (Å²) in [5.41, 5.74) is 5.49. The van der Waals surface area contributed by atoms with E-state index in [0.717, 1.165) is 0 Å². The van der Waals surface area contributed by atoms with E-state index in [-0.39, 0.29) is 11.9 Å². The Kier molecular flexibility index (Phi) is 5.17. The first kappa shape index (κ1) is 12.6. The highest BCUT2D eigenvalue weighted by Crippen LogP contribution is 2.00. The molecule has 0 aliphatic heterocycles. The van der Waals surface area contributed by atoms with Crippen molar-refractivity contribution in [3.63, 3.8) is 0 Å². The monoisotopic (exact) mass is 206 g/mol. The molecule has 0 aliphatic carbocycles. The fourth-order valence-electron chi connectivity index (χ4n) is 0.879. The first-order chi connectivity index (χ1) is 5.86. The number of nitrogens with two attached hydrogens (primary N) is 1. The molecule has 0 saturated heterocycles. The Bertz CT molecular complexity index is 204. The molecule has 0 radical (unpaired) electrons. The van der Waals surface area contributed by atoms with Crippen LogP contribution in [0.25, 0.3) is 0 Å². The van der Waals surface area contributed by atoms with Gasteiger partial charge in [0.15, 0.2) is 0 Å². The van der Waals surface area contributed by atoms with Crippen molar-refractivity contribution in [3.05, 3.63) is 0 Å². The van der Waals surface area contributed by atoms with E-state index in [4.69, 9.17) is 5.73 Å². The Hall–Kier alpha value is -0.420. The lowest BCUT2D eigenvalue weighted by Gasteiger charge is -2.17. The Morgan fingerprint density at radius 3 is 2.23 bits per heavy atom. The highest BCUT2D eigenvalue weighted by Gasteiger charge is 2.21. The SMILES string of the molecule is CC(N)CS(=O)C(C)C(=O)N(C)C. The number of nitrogens with zero attached hydrogens (tertiary/aromatic N) is 1. The van der Waals surface area contributed by atoms with Gasteiger partial charge >= 0.3 is 0 Å². The van der Waals surface area contributed by atoms with Crippen LogP contribution in [0.15, 0.2) is 0 Å². The van der Waals surface area contributed by atoms with Crippen LogP contribution in [0.5, 0.6) is 0 Å². The van der Waals surface area contributed by atoms with Crippen molar-refractivity contribution in [2.24, 2.45) is 5.73 Å². The lowest BCUT2D eigenvalue weighted by molar-refractivity contribution is -0.127. The number of amides is 1. The van der Waals surface area contributed by atoms with Gasteiger partial charge in [-0.3, -0.25) is 9.00 Å². The molecule has 5 heteroatoms. The summed E-state index contributed by atoms with van der Waals surface area (Å²) in [5, 5.41) is -0.457. The standard InChI is InChI=1S/C8H18N2O2S/c1-6(9)5-13(12)7(2)8(11)10(3)4/h6-7H,5,9H2,1-4H3. The Morgan fingerprint density at radius 1 is 1.46 bits per heavy atom. The third-order valence-corrected chi connectivity index (χ3v) is 3.45. The fraction of sp³-hybridized carbons (Fsp3) is 0.875. The molecule has 0 fully saturated rings. The van der Waals surface area contributed by atoms with Gasteiger partial charge in [0.2, 0.25) is 5.91 Å². The zero-order chi connectivity index (χ0) is 10.6. The smallest absolute Gasteiger partial charge is 0.237 e. The van der Waals surface area contributed by atoms with E-state index in [1.807, 2.05) is 0 Å². The molecule has 4 nitrogen and oxygen atoms in total. The van der Waals surface area contributed by atoms with E-state index in [2.05, 4.69) is 0 Å². The van der Waals surface area contributed by atoms with Crippen molar-refractivity contribution in [1.29, 1.82) is 0 Å². The quantitative estimate of drug-likeness (QED) is 0.678. The summed E-state index contributed by atoms with van der Waals surface area (Å²) >= 11 is 0. The Labute approximate surface area is 81.9 Å². The van der Waals surface area contributed by atoms with E-state index in [0.29, 0.717) is 5.75 Å². The van der Waals surface area contributed by atoms with Gasteiger partial charge in [-0.2, -0.15) is 0 Å². The summed E-state index contributed by atoms with van der Waals surface area (Å²) in [6.45, 7) is 3.45. The fourth-order valence-corrected chi connectivity index (χ4v) is 2.12. The van der Waals surface area contributed by atoms with Crippen LogP contribution in [0.1, 0.15) is 13.8 Å². The van der Waals surface area contributed by atoms with Gasteiger partial charge in [-0.15, -0.1) is 0 Å². The van der Waals surface area contributed by atoms with Crippen LogP contribution in [0.3, 0.4) is 0 Å². The summed E-state index contributed by atoms with van der Waals surface area (Å²) in [5.74, 6) is 0.264. The third kappa shape index (κ3) is 4.38. The average molecular weight is 206 g/mol. The predicted octanol–water partition coefficient (Wildman–Crippen LogP) is -0.441. The maximum atomic E-state index is 11.5. The summed E-state index contributed by atoms with van der Waals surface area (Å²) in [7, 11) is 2.15. The maximum absolute atomic E-state index is 11.5. The number of hydrogen-bond donors (Lipinski definition) is 1. The molecule has 0 aromatic carbocycles. The summed E-state index contributed by atoms with van der Waals surface area (Å²) < 4.78 is 11.5. The lowest BCUT2D eigenvalue weighted by Crippen LogP contribution is -2.38. The zero-order valence-corrected chi connectivity index (χ0v) is 9.43. The molecule has 1 amide bonds. The normalized spacial score (nSPS) is 17.6. The van der Waals surface area contributed by atoms with Crippen molar-refractivity contribution in [1.82, 2.24) is 4.90 Å². The van der Waals surface area contributed by atoms with Crippen LogP contribution in [-0.2, 0) is 15.6 Å². The van der Waals surface area contributed by atoms with Crippen molar-refractivity contribution >= 4 is 16.7 Å². The second-order valence-electron chi connectivity index (χ2n) is 3.40. The van der Waals surface area contributed by atoms with Gasteiger partial charge < -0.3 is 10.6 Å². The van der Waals surface area contributed by atoms with Gasteiger partial charge in [0.1, 0.15) is 5.25 Å². The molecule has 13 heavy (non-hydrogen) atoms. The molecule has 3 atom stereocenters. The average Bonchev–Trinajstić information content (AvgIpc) is 2.00. The van der Waals surface area contributed by atoms with Gasteiger partial charge in [-0.25, -0.2) is 0 Å². The van der Waals surface area contributed by atoms with E-state index in [9.17, 15) is 9.00 Å². The summed E-state index contributed by atoms with van der Waals surface area (Å²) in [6, 6.07) is -0.127. The maximum Gasteiger partial charge on any atom is 0.237 e. The van der Waals surface area contributed by atoms with E-state index in [1.165, 1.54) is 4.90 Å². The number of carbonyl (C=O) groups is 1. The van der Waals surface area contributed by atoms with Crippen LogP contribution in [0, 0.1) is 0 Å². The minimum absolute atomic E-state index is 0.112. The number of hydrogen-bond acceptors (Lipinski definition) is 3. The van der Waals surface area contributed by atoms with Gasteiger partial charge in [0.25, 0.3) is 0 Å². The first-order valence-electron chi connectivity index (χ1n) is 4.20. The first-order valence-corrected chi connectivity index (χ1v) is 5.58. The molecule has 3 unspecified atom stereocenters. The van der Waals surface area contributed by atoms with E-state index >= 15 is 0 Å². The summed E-state index contributed by atoms with van der Waals surface area (Å²) in [6.07, 6.45) is 0. The van der Waals surface area contributed by atoms with Gasteiger partial charge in [-0.05, 0) is 13.8 Å².